The van der Waals surface area contributed by atoms with Crippen LogP contribution in [0.4, 0.5) is 16.2 Å². The van der Waals surface area contributed by atoms with E-state index in [-0.39, 0.29) is 6.03 Å². The summed E-state index contributed by atoms with van der Waals surface area (Å²) in [6, 6.07) is 12.3. The Bertz CT molecular complexity index is 920. The highest BCUT2D eigenvalue weighted by Gasteiger charge is 2.32. The van der Waals surface area contributed by atoms with Gasteiger partial charge in [-0.15, -0.1) is 0 Å². The number of carbonyl (C=O) groups is 1. The number of rotatable bonds is 5. The number of benzene rings is 1. The molecule has 0 saturated heterocycles. The van der Waals surface area contributed by atoms with Crippen LogP contribution in [0.2, 0.25) is 0 Å². The summed E-state index contributed by atoms with van der Waals surface area (Å²) >= 11 is 0. The fourth-order valence-electron chi connectivity index (χ4n) is 2.59. The lowest BCUT2D eigenvalue weighted by Gasteiger charge is -2.09. The van der Waals surface area contributed by atoms with E-state index in [4.69, 9.17) is 9.26 Å². The van der Waals surface area contributed by atoms with E-state index in [1.807, 2.05) is 37.3 Å². The number of anilines is 2. The number of aromatic nitrogens is 2. The number of urea groups is 1. The van der Waals surface area contributed by atoms with Gasteiger partial charge in [-0.1, -0.05) is 23.4 Å². The van der Waals surface area contributed by atoms with Crippen molar-refractivity contribution in [2.45, 2.75) is 25.7 Å². The second kappa shape index (κ2) is 6.87. The van der Waals surface area contributed by atoms with Crippen LogP contribution in [0, 0.1) is 6.92 Å². The van der Waals surface area contributed by atoms with Gasteiger partial charge in [-0.3, -0.25) is 0 Å². The average Bonchev–Trinajstić information content (AvgIpc) is 3.41. The van der Waals surface area contributed by atoms with Gasteiger partial charge in [0.05, 0.1) is 0 Å². The monoisotopic (exact) mass is 350 g/mol. The molecule has 26 heavy (non-hydrogen) atoms. The molecule has 0 atom stereocenters. The van der Waals surface area contributed by atoms with Gasteiger partial charge in [0.25, 0.3) is 0 Å². The summed E-state index contributed by atoms with van der Waals surface area (Å²) in [5.74, 6) is 2.18. The first-order valence-corrected chi connectivity index (χ1v) is 8.42. The van der Waals surface area contributed by atoms with Crippen molar-refractivity contribution in [3.63, 3.8) is 0 Å². The number of nitrogens with zero attached hydrogens (tertiary/aromatic N) is 2. The Morgan fingerprint density at radius 2 is 2.00 bits per heavy atom. The minimum Gasteiger partial charge on any atom is -0.439 e. The number of carbonyl (C=O) groups excluding carboxylic acids is 1. The Balaban J connectivity index is 1.43. The third-order valence-electron chi connectivity index (χ3n) is 4.03. The zero-order valence-corrected chi connectivity index (χ0v) is 14.2. The Labute approximate surface area is 150 Å². The quantitative estimate of drug-likeness (QED) is 0.697. The van der Waals surface area contributed by atoms with Crippen LogP contribution in [-0.2, 0) is 0 Å². The van der Waals surface area contributed by atoms with Crippen molar-refractivity contribution in [3.05, 3.63) is 60.1 Å². The van der Waals surface area contributed by atoms with E-state index in [2.05, 4.69) is 20.8 Å². The molecule has 7 heteroatoms. The summed E-state index contributed by atoms with van der Waals surface area (Å²) < 4.78 is 11.0. The Morgan fingerprint density at radius 3 is 2.77 bits per heavy atom. The molecule has 7 nitrogen and oxygen atoms in total. The van der Waals surface area contributed by atoms with Crippen molar-refractivity contribution >= 4 is 17.4 Å². The van der Waals surface area contributed by atoms with Crippen molar-refractivity contribution in [1.29, 1.82) is 0 Å². The van der Waals surface area contributed by atoms with E-state index in [9.17, 15) is 4.79 Å². The average molecular weight is 350 g/mol. The molecule has 0 radical (unpaired) electrons. The van der Waals surface area contributed by atoms with E-state index in [1.54, 1.807) is 18.3 Å². The molecule has 1 fully saturated rings. The third kappa shape index (κ3) is 3.66. The summed E-state index contributed by atoms with van der Waals surface area (Å²) in [4.78, 5) is 16.5. The number of amides is 2. The van der Waals surface area contributed by atoms with Crippen LogP contribution < -0.4 is 15.4 Å². The molecule has 1 saturated carbocycles. The first-order chi connectivity index (χ1) is 12.7. The first kappa shape index (κ1) is 16.1. The second-order valence-electron chi connectivity index (χ2n) is 6.16. The second-order valence-corrected chi connectivity index (χ2v) is 6.16. The highest BCUT2D eigenvalue weighted by atomic mass is 16.5. The van der Waals surface area contributed by atoms with Gasteiger partial charge in [-0.05, 0) is 38.0 Å². The topological polar surface area (TPSA) is 89.3 Å². The van der Waals surface area contributed by atoms with Crippen LogP contribution in [0.25, 0.3) is 0 Å². The van der Waals surface area contributed by atoms with E-state index < -0.39 is 0 Å². The van der Waals surface area contributed by atoms with Crippen LogP contribution in [0.1, 0.15) is 30.2 Å². The van der Waals surface area contributed by atoms with E-state index in [0.29, 0.717) is 34.6 Å². The van der Waals surface area contributed by atoms with Crippen molar-refractivity contribution in [2.24, 2.45) is 0 Å². The SMILES string of the molecule is Cc1noc(C2CC2)c1NC(=O)Nc1ccnc(Oc2ccccc2)c1. The van der Waals surface area contributed by atoms with Crippen LogP contribution in [0.5, 0.6) is 11.6 Å². The summed E-state index contributed by atoms with van der Waals surface area (Å²) in [6.07, 6.45) is 3.71. The van der Waals surface area contributed by atoms with Gasteiger partial charge in [0.2, 0.25) is 5.88 Å². The molecule has 0 unspecified atom stereocenters. The van der Waals surface area contributed by atoms with Crippen LogP contribution in [0.15, 0.2) is 53.2 Å². The molecular formula is C19H18N4O3. The molecule has 0 spiro atoms. The van der Waals surface area contributed by atoms with Crippen molar-refractivity contribution in [3.8, 4) is 11.6 Å². The fourth-order valence-corrected chi connectivity index (χ4v) is 2.59. The summed E-state index contributed by atoms with van der Waals surface area (Å²) in [5, 5.41) is 9.56. The molecule has 1 aliphatic rings. The number of pyridine rings is 1. The lowest BCUT2D eigenvalue weighted by Crippen LogP contribution is -2.20. The lowest BCUT2D eigenvalue weighted by molar-refractivity contribution is 0.262. The van der Waals surface area contributed by atoms with E-state index in [1.165, 1.54) is 0 Å². The standard InChI is InChI=1S/C19H18N4O3/c1-12-17(18(26-23-12)13-7-8-13)22-19(24)21-14-9-10-20-16(11-14)25-15-5-3-2-4-6-15/h2-6,9-11,13H,7-8H2,1H3,(H2,20,21,22,24). The predicted octanol–water partition coefficient (Wildman–Crippen LogP) is 4.69. The number of aryl methyl sites for hydroxylation is 1. The molecule has 2 N–H and O–H groups in total. The largest absolute Gasteiger partial charge is 0.439 e. The molecule has 4 rings (SSSR count). The maximum atomic E-state index is 12.3. The zero-order valence-electron chi connectivity index (χ0n) is 14.2. The zero-order chi connectivity index (χ0) is 17.9. The van der Waals surface area contributed by atoms with Gasteiger partial charge in [-0.2, -0.15) is 0 Å². The first-order valence-electron chi connectivity index (χ1n) is 8.42. The number of hydrogen-bond donors (Lipinski definition) is 2. The molecular weight excluding hydrogens is 332 g/mol. The minimum absolute atomic E-state index is 0.360. The maximum Gasteiger partial charge on any atom is 0.323 e. The van der Waals surface area contributed by atoms with E-state index >= 15 is 0 Å². The maximum absolute atomic E-state index is 12.3. The molecule has 0 bridgehead atoms. The molecule has 1 aromatic carbocycles. The van der Waals surface area contributed by atoms with E-state index in [0.717, 1.165) is 18.6 Å². The summed E-state index contributed by atoms with van der Waals surface area (Å²) in [6.45, 7) is 1.81. The summed E-state index contributed by atoms with van der Waals surface area (Å²) in [5.41, 5.74) is 1.90. The van der Waals surface area contributed by atoms with Gasteiger partial charge in [0.1, 0.15) is 17.1 Å². The number of ether oxygens (including phenoxy) is 1. The number of para-hydroxylation sites is 1. The Kier molecular flexibility index (Phi) is 4.27. The fraction of sp³-hybridized carbons (Fsp3) is 0.211. The molecule has 1 aliphatic carbocycles. The third-order valence-corrected chi connectivity index (χ3v) is 4.03. The summed E-state index contributed by atoms with van der Waals surface area (Å²) in [7, 11) is 0. The number of nitrogens with one attached hydrogen (secondary N) is 2. The molecule has 2 amide bonds. The molecule has 2 heterocycles. The van der Waals surface area contributed by atoms with Crippen LogP contribution in [0.3, 0.4) is 0 Å². The van der Waals surface area contributed by atoms with Gasteiger partial charge < -0.3 is 19.9 Å². The van der Waals surface area contributed by atoms with Crippen molar-refractivity contribution in [1.82, 2.24) is 10.1 Å². The van der Waals surface area contributed by atoms with Gasteiger partial charge in [-0.25, -0.2) is 9.78 Å². The van der Waals surface area contributed by atoms with Crippen LogP contribution in [-0.4, -0.2) is 16.2 Å². The minimum atomic E-state index is -0.366. The molecule has 132 valence electrons. The smallest absolute Gasteiger partial charge is 0.323 e. The molecule has 3 aromatic rings. The molecule has 2 aromatic heterocycles. The highest BCUT2D eigenvalue weighted by molar-refractivity contribution is 6.00. The highest BCUT2D eigenvalue weighted by Crippen LogP contribution is 2.44. The predicted molar refractivity (Wildman–Crippen MR) is 96.6 cm³/mol. The van der Waals surface area contributed by atoms with Gasteiger partial charge in [0.15, 0.2) is 5.76 Å². The van der Waals surface area contributed by atoms with Crippen molar-refractivity contribution < 1.29 is 14.1 Å². The van der Waals surface area contributed by atoms with Crippen LogP contribution >= 0.6 is 0 Å². The Morgan fingerprint density at radius 1 is 1.19 bits per heavy atom. The van der Waals surface area contributed by atoms with Gasteiger partial charge in [0, 0.05) is 23.9 Å². The number of hydrogen-bond acceptors (Lipinski definition) is 5. The van der Waals surface area contributed by atoms with Crippen molar-refractivity contribution in [2.75, 3.05) is 10.6 Å². The Hall–Kier alpha value is -3.35. The van der Waals surface area contributed by atoms with Gasteiger partial charge >= 0.3 is 6.03 Å². The molecule has 0 aliphatic heterocycles. The normalized spacial score (nSPS) is 13.3. The lowest BCUT2D eigenvalue weighted by atomic mass is 10.2.